The normalized spacial score (nSPS) is 16.3. The molecule has 2 aromatic heterocycles. The number of hydrogen-bond donors (Lipinski definition) is 1. The number of rotatable bonds is 3. The molecular formula is C14H16IN5NaS+3. The third-order valence-electron chi connectivity index (χ3n) is 2.82. The summed E-state index contributed by atoms with van der Waals surface area (Å²) < 4.78 is 9.29. The Balaban J connectivity index is 0.00000121. The molecule has 0 spiro atoms. The van der Waals surface area contributed by atoms with Gasteiger partial charge in [-0.1, -0.05) is 6.92 Å². The fourth-order valence-corrected chi connectivity index (χ4v) is 2.84. The molecule has 1 aliphatic heterocycles. The fraction of sp³-hybridized carbons (Fsp3) is 0.143. The monoisotopic (exact) mass is 436 g/mol. The molecule has 0 saturated heterocycles. The average molecular weight is 436 g/mol. The van der Waals surface area contributed by atoms with Crippen molar-refractivity contribution in [3.63, 3.8) is 0 Å². The van der Waals surface area contributed by atoms with E-state index in [0.29, 0.717) is 0 Å². The zero-order valence-electron chi connectivity index (χ0n) is 12.5. The van der Waals surface area contributed by atoms with Crippen molar-refractivity contribution in [2.45, 2.75) is 6.92 Å². The molecule has 3 N–H and O–H groups in total. The zero-order valence-corrected chi connectivity index (χ0v) is 17.5. The Morgan fingerprint density at radius 1 is 1.00 bits per heavy atom. The van der Waals surface area contributed by atoms with E-state index in [2.05, 4.69) is 30.6 Å². The molecule has 2 aromatic rings. The molecule has 5 nitrogen and oxygen atoms in total. The maximum Gasteiger partial charge on any atom is 1.00 e. The summed E-state index contributed by atoms with van der Waals surface area (Å²) in [5.41, 5.74) is 1.92. The van der Waals surface area contributed by atoms with Crippen LogP contribution in [-0.2, 0) is 10.9 Å². The fourth-order valence-electron chi connectivity index (χ4n) is 1.83. The Morgan fingerprint density at radius 3 is 2.18 bits per heavy atom. The van der Waals surface area contributed by atoms with Crippen LogP contribution in [0.25, 0.3) is 0 Å². The van der Waals surface area contributed by atoms with Crippen LogP contribution >= 0.6 is 0 Å². The first-order chi connectivity index (χ1) is 9.86. The van der Waals surface area contributed by atoms with Gasteiger partial charge in [0.05, 0.1) is 5.75 Å². The summed E-state index contributed by atoms with van der Waals surface area (Å²) in [5.74, 6) is 2.56. The van der Waals surface area contributed by atoms with Crippen LogP contribution in [0.4, 0.5) is 0 Å². The number of aromatic amines is 2. The largest absolute Gasteiger partial charge is 1.00 e. The van der Waals surface area contributed by atoms with Crippen molar-refractivity contribution in [3.05, 3.63) is 60.2 Å². The molecule has 3 heterocycles. The summed E-state index contributed by atoms with van der Waals surface area (Å²) >= 11 is 0. The summed E-state index contributed by atoms with van der Waals surface area (Å²) in [5, 5.41) is 0. The molecule has 0 aromatic carbocycles. The molecular weight excluding hydrogens is 420 g/mol. The first-order valence-electron chi connectivity index (χ1n) is 6.46. The van der Waals surface area contributed by atoms with Gasteiger partial charge in [-0.05, 0) is 20.9 Å². The van der Waals surface area contributed by atoms with Crippen molar-refractivity contribution in [2.75, 3.05) is 5.75 Å². The van der Waals surface area contributed by atoms with E-state index in [-0.39, 0.29) is 64.4 Å². The van der Waals surface area contributed by atoms with Crippen LogP contribution in [0.15, 0.2) is 57.6 Å². The first-order valence-corrected chi connectivity index (χ1v) is 7.77. The number of nitrogens with one attached hydrogen (secondary N) is 3. The number of hydrogen-bond acceptors (Lipinski definition) is 2. The molecule has 0 aliphatic carbocycles. The Hall–Kier alpha value is -0.480. The quantitative estimate of drug-likeness (QED) is 0.368. The second-order valence-electron chi connectivity index (χ2n) is 4.19. The van der Waals surface area contributed by atoms with E-state index in [1.54, 1.807) is 0 Å². The number of amidine groups is 2. The molecule has 22 heavy (non-hydrogen) atoms. The Labute approximate surface area is 171 Å². The van der Waals surface area contributed by atoms with Crippen LogP contribution in [0, 0.1) is 0 Å². The van der Waals surface area contributed by atoms with E-state index in [1.807, 2.05) is 48.8 Å². The molecule has 0 fully saturated rings. The predicted octanol–water partition coefficient (Wildman–Crippen LogP) is -6.65. The van der Waals surface area contributed by atoms with Gasteiger partial charge in [0.25, 0.3) is 11.4 Å². The average Bonchev–Trinajstić information content (AvgIpc) is 2.56. The molecule has 3 rings (SSSR count). The van der Waals surface area contributed by atoms with Crippen molar-refractivity contribution >= 4 is 22.5 Å². The predicted molar refractivity (Wildman–Crippen MR) is 77.9 cm³/mol. The molecule has 0 amide bonds. The van der Waals surface area contributed by atoms with Crippen molar-refractivity contribution in [1.82, 2.24) is 0 Å². The standard InChI is InChI=1S/C14H13N5S.HI.Na/c1-2-20-18-13(11-7-3-5-9-15-11)17-14(19-20)12-8-4-6-10-16-12;;/h3-10H,2H2,1H3;1H;/q;;+1/p+2. The molecule has 1 aliphatic rings. The minimum atomic E-state index is -0.339. The second-order valence-corrected chi connectivity index (χ2v) is 5.81. The molecule has 8 heteroatoms. The summed E-state index contributed by atoms with van der Waals surface area (Å²) in [7, 11) is -0.339. The topological polar surface area (TPSA) is 67.0 Å². The number of H-pyrrole nitrogens is 2. The third kappa shape index (κ3) is 4.76. The van der Waals surface area contributed by atoms with Gasteiger partial charge in [0, 0.05) is 24.3 Å². The van der Waals surface area contributed by atoms with E-state index < -0.39 is 0 Å². The Morgan fingerprint density at radius 2 is 1.64 bits per heavy atom. The van der Waals surface area contributed by atoms with Crippen molar-refractivity contribution < 1.29 is 68.5 Å². The van der Waals surface area contributed by atoms with Gasteiger partial charge in [-0.25, -0.2) is 15.0 Å². The van der Waals surface area contributed by atoms with Gasteiger partial charge in [0.1, 0.15) is 0 Å². The van der Waals surface area contributed by atoms with Crippen molar-refractivity contribution in [3.8, 4) is 0 Å². The van der Waals surface area contributed by atoms with Gasteiger partial charge in [0.2, 0.25) is 0 Å². The van der Waals surface area contributed by atoms with Gasteiger partial charge in [-0.3, -0.25) is 0 Å². The molecule has 1 atom stereocenters. The molecule has 0 unspecified atom stereocenters. The van der Waals surface area contributed by atoms with Crippen molar-refractivity contribution in [1.29, 1.82) is 0 Å². The number of halogens is 1. The maximum absolute atomic E-state index is 4.65. The second kappa shape index (κ2) is 9.61. The molecule has 108 valence electrons. The molecule has 0 saturated carbocycles. The third-order valence-corrected chi connectivity index (χ3v) is 4.12. The van der Waals surface area contributed by atoms with E-state index in [4.69, 9.17) is 0 Å². The smallest absolute Gasteiger partial charge is 1.00 e. The minimum Gasteiger partial charge on any atom is -1.00 e. The van der Waals surface area contributed by atoms with E-state index in [9.17, 15) is 0 Å². The Kier molecular flexibility index (Phi) is 8.55. The summed E-state index contributed by atoms with van der Waals surface area (Å²) in [6, 6.07) is 11.9. The van der Waals surface area contributed by atoms with Crippen LogP contribution < -0.4 is 68.5 Å². The van der Waals surface area contributed by atoms with Crippen LogP contribution in [0.3, 0.4) is 0 Å². The van der Waals surface area contributed by atoms with E-state index in [1.165, 1.54) is 0 Å². The molecule has 0 radical (unpaired) electrons. The van der Waals surface area contributed by atoms with Gasteiger partial charge in [0.15, 0.2) is 23.3 Å². The van der Waals surface area contributed by atoms with Crippen LogP contribution in [0.1, 0.15) is 18.3 Å². The van der Waals surface area contributed by atoms with Gasteiger partial charge in [-0.2, -0.15) is 0 Å². The summed E-state index contributed by atoms with van der Waals surface area (Å²) in [4.78, 5) is 9.70. The maximum atomic E-state index is 4.65. The number of aromatic nitrogens is 2. The van der Waals surface area contributed by atoms with E-state index >= 15 is 0 Å². The first kappa shape index (κ1) is 19.6. The zero-order chi connectivity index (χ0) is 13.8. The summed E-state index contributed by atoms with van der Waals surface area (Å²) in [6.45, 7) is 2.10. The van der Waals surface area contributed by atoms with Crippen LogP contribution in [0.2, 0.25) is 0 Å². The van der Waals surface area contributed by atoms with Gasteiger partial charge >= 0.3 is 41.2 Å². The number of nitrogens with zero attached hydrogens (tertiary/aromatic N) is 2. The summed E-state index contributed by atoms with van der Waals surface area (Å²) in [6.07, 6.45) is 3.79. The molecule has 0 bridgehead atoms. The SMILES string of the molecule is CC[S@@]1=NC(c2cccc[nH+]2)=[NH+]C(c2cccc[nH+]2)=N1.[I-].[Na+]. The van der Waals surface area contributed by atoms with Crippen LogP contribution in [0.5, 0.6) is 0 Å². The Bertz CT molecular complexity index is 663. The minimum absolute atomic E-state index is 0. The van der Waals surface area contributed by atoms with Gasteiger partial charge in [-0.15, -0.1) is 0 Å². The van der Waals surface area contributed by atoms with E-state index in [0.717, 1.165) is 28.8 Å². The van der Waals surface area contributed by atoms with Crippen molar-refractivity contribution in [2.24, 2.45) is 8.76 Å². The van der Waals surface area contributed by atoms with Gasteiger partial charge < -0.3 is 24.0 Å². The van der Waals surface area contributed by atoms with Crippen LogP contribution in [-0.4, -0.2) is 17.4 Å². The number of pyridine rings is 2.